The number of hydrogen-bond acceptors (Lipinski definition) is 2. The third-order valence-corrected chi connectivity index (χ3v) is 3.49. The van der Waals surface area contributed by atoms with Crippen LogP contribution in [0.25, 0.3) is 0 Å². The molecule has 1 heterocycles. The minimum Gasteiger partial charge on any atom is -0.464 e. The van der Waals surface area contributed by atoms with Gasteiger partial charge in [0, 0.05) is 5.69 Å². The van der Waals surface area contributed by atoms with Gasteiger partial charge >= 0.3 is 5.97 Å². The Balaban J connectivity index is 2.43. The lowest BCUT2D eigenvalue weighted by atomic mass is 9.98. The van der Waals surface area contributed by atoms with Crippen molar-refractivity contribution in [2.45, 2.75) is 25.7 Å². The highest BCUT2D eigenvalue weighted by Gasteiger charge is 2.22. The molecule has 0 spiro atoms. The van der Waals surface area contributed by atoms with E-state index in [0.29, 0.717) is 5.69 Å². The van der Waals surface area contributed by atoms with Crippen molar-refractivity contribution in [2.75, 3.05) is 7.11 Å². The molecule has 3 nitrogen and oxygen atoms in total. The quantitative estimate of drug-likeness (QED) is 0.786. The van der Waals surface area contributed by atoms with Gasteiger partial charge in [0.25, 0.3) is 0 Å². The Labute approximate surface area is 91.0 Å². The summed E-state index contributed by atoms with van der Waals surface area (Å²) in [7, 11) is 1.40. The molecule has 0 aromatic carbocycles. The zero-order valence-corrected chi connectivity index (χ0v) is 9.61. The van der Waals surface area contributed by atoms with Crippen LogP contribution in [0.4, 0.5) is 0 Å². The molecule has 1 aliphatic rings. The van der Waals surface area contributed by atoms with Gasteiger partial charge in [0.15, 0.2) is 0 Å². The van der Waals surface area contributed by atoms with Gasteiger partial charge in [-0.05, 0) is 47.2 Å². The molecule has 76 valence electrons. The van der Waals surface area contributed by atoms with Crippen LogP contribution in [-0.2, 0) is 17.6 Å². The monoisotopic (exact) mass is 257 g/mol. The fourth-order valence-corrected chi connectivity index (χ4v) is 2.58. The van der Waals surface area contributed by atoms with Crippen molar-refractivity contribution >= 4 is 21.9 Å². The standard InChI is InChI=1S/C10H12BrNO2/c1-14-10(13)9-8(11)6-4-2-3-5-7(6)12-9/h12H,2-5H2,1H3. The smallest absolute Gasteiger partial charge is 0.355 e. The van der Waals surface area contributed by atoms with Gasteiger partial charge in [0.05, 0.1) is 11.6 Å². The van der Waals surface area contributed by atoms with Gasteiger partial charge in [-0.1, -0.05) is 0 Å². The number of carbonyl (C=O) groups excluding carboxylic acids is 1. The summed E-state index contributed by atoms with van der Waals surface area (Å²) in [5.74, 6) is -0.300. The lowest BCUT2D eigenvalue weighted by molar-refractivity contribution is 0.0593. The Morgan fingerprint density at radius 3 is 2.79 bits per heavy atom. The summed E-state index contributed by atoms with van der Waals surface area (Å²) in [6.07, 6.45) is 4.47. The number of fused-ring (bicyclic) bond motifs is 1. The number of esters is 1. The van der Waals surface area contributed by atoms with E-state index >= 15 is 0 Å². The number of aryl methyl sites for hydroxylation is 1. The Bertz CT molecular complexity index is 370. The van der Waals surface area contributed by atoms with E-state index in [1.807, 2.05) is 0 Å². The number of methoxy groups -OCH3 is 1. The molecule has 4 heteroatoms. The first-order valence-electron chi connectivity index (χ1n) is 4.71. The fraction of sp³-hybridized carbons (Fsp3) is 0.500. The lowest BCUT2D eigenvalue weighted by Crippen LogP contribution is -2.02. The Morgan fingerprint density at radius 1 is 1.43 bits per heavy atom. The second-order valence-corrected chi connectivity index (χ2v) is 4.26. The van der Waals surface area contributed by atoms with E-state index in [-0.39, 0.29) is 5.97 Å². The van der Waals surface area contributed by atoms with Gasteiger partial charge in [-0.25, -0.2) is 4.79 Å². The summed E-state index contributed by atoms with van der Waals surface area (Å²) in [6, 6.07) is 0. The van der Waals surface area contributed by atoms with Crippen LogP contribution in [0.5, 0.6) is 0 Å². The van der Waals surface area contributed by atoms with Gasteiger partial charge in [-0.15, -0.1) is 0 Å². The molecule has 0 saturated carbocycles. The molecule has 0 unspecified atom stereocenters. The average molecular weight is 258 g/mol. The van der Waals surface area contributed by atoms with Crippen LogP contribution in [0.3, 0.4) is 0 Å². The molecule has 1 aromatic heterocycles. The molecule has 0 radical (unpaired) electrons. The molecule has 1 N–H and O–H groups in total. The molecule has 14 heavy (non-hydrogen) atoms. The van der Waals surface area contributed by atoms with E-state index in [1.165, 1.54) is 31.2 Å². The molecule has 2 rings (SSSR count). The molecule has 0 atom stereocenters. The number of ether oxygens (including phenoxy) is 1. The average Bonchev–Trinajstić information content (AvgIpc) is 2.56. The molecule has 1 aliphatic carbocycles. The maximum absolute atomic E-state index is 11.4. The van der Waals surface area contributed by atoms with E-state index in [2.05, 4.69) is 20.9 Å². The number of aromatic amines is 1. The summed E-state index contributed by atoms with van der Waals surface area (Å²) >= 11 is 3.45. The van der Waals surface area contributed by atoms with Crippen LogP contribution in [0.15, 0.2) is 4.47 Å². The normalized spacial score (nSPS) is 15.0. The second-order valence-electron chi connectivity index (χ2n) is 3.47. The van der Waals surface area contributed by atoms with Crippen molar-refractivity contribution in [2.24, 2.45) is 0 Å². The molecule has 0 aliphatic heterocycles. The summed E-state index contributed by atoms with van der Waals surface area (Å²) in [6.45, 7) is 0. The Hall–Kier alpha value is -0.770. The first kappa shape index (κ1) is 9.77. The summed E-state index contributed by atoms with van der Waals surface area (Å²) < 4.78 is 5.58. The van der Waals surface area contributed by atoms with Gasteiger partial charge in [0.2, 0.25) is 0 Å². The summed E-state index contributed by atoms with van der Waals surface area (Å²) in [5.41, 5.74) is 2.99. The van der Waals surface area contributed by atoms with E-state index in [0.717, 1.165) is 17.3 Å². The van der Waals surface area contributed by atoms with Crippen LogP contribution >= 0.6 is 15.9 Å². The van der Waals surface area contributed by atoms with Crippen molar-refractivity contribution in [1.29, 1.82) is 0 Å². The first-order chi connectivity index (χ1) is 6.74. The van der Waals surface area contributed by atoms with Crippen molar-refractivity contribution in [1.82, 2.24) is 4.98 Å². The highest BCUT2D eigenvalue weighted by Crippen LogP contribution is 2.31. The predicted molar refractivity (Wildman–Crippen MR) is 56.5 cm³/mol. The number of carbonyl (C=O) groups is 1. The minimum absolute atomic E-state index is 0.300. The topological polar surface area (TPSA) is 42.1 Å². The van der Waals surface area contributed by atoms with Crippen molar-refractivity contribution in [3.8, 4) is 0 Å². The molecule has 0 amide bonds. The SMILES string of the molecule is COC(=O)c1[nH]c2c(c1Br)CCCC2. The van der Waals surface area contributed by atoms with Gasteiger partial charge in [-0.3, -0.25) is 0 Å². The first-order valence-corrected chi connectivity index (χ1v) is 5.51. The molecule has 0 bridgehead atoms. The predicted octanol–water partition coefficient (Wildman–Crippen LogP) is 2.44. The van der Waals surface area contributed by atoms with Gasteiger partial charge < -0.3 is 9.72 Å². The van der Waals surface area contributed by atoms with E-state index in [9.17, 15) is 4.79 Å². The highest BCUT2D eigenvalue weighted by atomic mass is 79.9. The fourth-order valence-electron chi connectivity index (χ4n) is 1.88. The third-order valence-electron chi connectivity index (χ3n) is 2.62. The van der Waals surface area contributed by atoms with Crippen LogP contribution in [0, 0.1) is 0 Å². The molecule has 1 aromatic rings. The van der Waals surface area contributed by atoms with E-state index < -0.39 is 0 Å². The van der Waals surface area contributed by atoms with Gasteiger partial charge in [0.1, 0.15) is 5.69 Å². The molecule has 0 saturated heterocycles. The van der Waals surface area contributed by atoms with Crippen molar-refractivity contribution in [3.05, 3.63) is 21.4 Å². The largest absolute Gasteiger partial charge is 0.464 e. The Morgan fingerprint density at radius 2 is 2.14 bits per heavy atom. The lowest BCUT2D eigenvalue weighted by Gasteiger charge is -2.09. The molecular formula is C10H12BrNO2. The van der Waals surface area contributed by atoms with Crippen LogP contribution < -0.4 is 0 Å². The molecule has 0 fully saturated rings. The van der Waals surface area contributed by atoms with Crippen LogP contribution in [-0.4, -0.2) is 18.1 Å². The summed E-state index contributed by atoms with van der Waals surface area (Å²) in [5, 5.41) is 0. The number of H-pyrrole nitrogens is 1. The van der Waals surface area contributed by atoms with Crippen molar-refractivity contribution in [3.63, 3.8) is 0 Å². The van der Waals surface area contributed by atoms with E-state index in [4.69, 9.17) is 4.74 Å². The zero-order chi connectivity index (χ0) is 10.1. The van der Waals surface area contributed by atoms with Crippen LogP contribution in [0.1, 0.15) is 34.6 Å². The zero-order valence-electron chi connectivity index (χ0n) is 8.02. The minimum atomic E-state index is -0.300. The maximum Gasteiger partial charge on any atom is 0.355 e. The maximum atomic E-state index is 11.4. The second kappa shape index (κ2) is 3.77. The number of hydrogen-bond donors (Lipinski definition) is 1. The van der Waals surface area contributed by atoms with E-state index in [1.54, 1.807) is 0 Å². The van der Waals surface area contributed by atoms with Gasteiger partial charge in [-0.2, -0.15) is 0 Å². The van der Waals surface area contributed by atoms with Crippen molar-refractivity contribution < 1.29 is 9.53 Å². The Kier molecular flexibility index (Phi) is 2.63. The third kappa shape index (κ3) is 1.47. The highest BCUT2D eigenvalue weighted by molar-refractivity contribution is 9.10. The number of rotatable bonds is 1. The number of nitrogens with one attached hydrogen (secondary N) is 1. The number of halogens is 1. The number of aromatic nitrogens is 1. The summed E-state index contributed by atoms with van der Waals surface area (Å²) in [4.78, 5) is 14.5. The van der Waals surface area contributed by atoms with Crippen LogP contribution in [0.2, 0.25) is 0 Å². The molecular weight excluding hydrogens is 246 g/mol.